The van der Waals surface area contributed by atoms with Crippen molar-refractivity contribution >= 4 is 33.4 Å². The van der Waals surface area contributed by atoms with E-state index in [0.29, 0.717) is 26.2 Å². The fourth-order valence-corrected chi connectivity index (χ4v) is 4.59. The number of thiazole rings is 1. The van der Waals surface area contributed by atoms with Gasteiger partial charge in [-0.3, -0.25) is 9.36 Å². The minimum atomic E-state index is -0.809. The first-order chi connectivity index (χ1) is 15.0. The third-order valence-electron chi connectivity index (χ3n) is 4.68. The number of benzene rings is 2. The van der Waals surface area contributed by atoms with Crippen molar-refractivity contribution in [3.63, 3.8) is 0 Å². The highest BCUT2D eigenvalue weighted by Gasteiger charge is 2.22. The molecular formula is C21H17F2N3O3S2. The Morgan fingerprint density at radius 3 is 2.48 bits per heavy atom. The summed E-state index contributed by atoms with van der Waals surface area (Å²) in [6.07, 6.45) is 1.83. The summed E-state index contributed by atoms with van der Waals surface area (Å²) in [5.74, 6) is -0.685. The van der Waals surface area contributed by atoms with Crippen molar-refractivity contribution in [1.82, 2.24) is 14.5 Å². The van der Waals surface area contributed by atoms with Crippen LogP contribution in [0.5, 0.6) is 11.5 Å². The van der Waals surface area contributed by atoms with E-state index < -0.39 is 17.2 Å². The molecule has 31 heavy (non-hydrogen) atoms. The van der Waals surface area contributed by atoms with Crippen LogP contribution in [0.3, 0.4) is 0 Å². The van der Waals surface area contributed by atoms with Gasteiger partial charge in [0.15, 0.2) is 20.5 Å². The average Bonchev–Trinajstić information content (AvgIpc) is 3.19. The summed E-state index contributed by atoms with van der Waals surface area (Å²) < 4.78 is 41.8. The Kier molecular flexibility index (Phi) is 5.92. The van der Waals surface area contributed by atoms with Crippen molar-refractivity contribution in [2.24, 2.45) is 0 Å². The maximum atomic E-state index is 14.6. The number of aromatic nitrogens is 3. The van der Waals surface area contributed by atoms with E-state index in [0.717, 1.165) is 12.1 Å². The number of thioether (sulfide) groups is 1. The molecule has 4 rings (SSSR count). The molecule has 0 fully saturated rings. The van der Waals surface area contributed by atoms with Crippen molar-refractivity contribution in [1.29, 1.82) is 0 Å². The molecular weight excluding hydrogens is 444 g/mol. The molecule has 0 atom stereocenters. The molecule has 0 radical (unpaired) electrons. The minimum Gasteiger partial charge on any atom is -0.497 e. The van der Waals surface area contributed by atoms with Gasteiger partial charge in [0.05, 0.1) is 26.3 Å². The number of methoxy groups -OCH3 is 2. The number of fused-ring (bicyclic) bond motifs is 1. The van der Waals surface area contributed by atoms with E-state index in [1.807, 2.05) is 6.26 Å². The molecule has 0 aliphatic carbocycles. The Morgan fingerprint density at radius 2 is 1.84 bits per heavy atom. The normalized spacial score (nSPS) is 11.1. The van der Waals surface area contributed by atoms with Crippen LogP contribution in [-0.4, -0.2) is 35.0 Å². The molecule has 4 aromatic rings. The number of halogens is 2. The summed E-state index contributed by atoms with van der Waals surface area (Å²) in [5.41, 5.74) is -0.0858. The van der Waals surface area contributed by atoms with Crippen molar-refractivity contribution in [3.05, 3.63) is 63.9 Å². The van der Waals surface area contributed by atoms with Crippen LogP contribution in [0.25, 0.3) is 21.7 Å². The fourth-order valence-electron chi connectivity index (χ4n) is 3.18. The molecule has 0 unspecified atom stereocenters. The van der Waals surface area contributed by atoms with E-state index in [9.17, 15) is 13.6 Å². The van der Waals surface area contributed by atoms with Crippen molar-refractivity contribution in [2.45, 2.75) is 10.9 Å². The highest BCUT2D eigenvalue weighted by atomic mass is 32.2. The average molecular weight is 462 g/mol. The molecule has 10 heteroatoms. The van der Waals surface area contributed by atoms with Crippen molar-refractivity contribution in [2.75, 3.05) is 20.5 Å². The van der Waals surface area contributed by atoms with Gasteiger partial charge in [-0.05, 0) is 30.5 Å². The van der Waals surface area contributed by atoms with E-state index >= 15 is 0 Å². The van der Waals surface area contributed by atoms with Crippen LogP contribution in [0.2, 0.25) is 0 Å². The summed E-state index contributed by atoms with van der Waals surface area (Å²) in [4.78, 5) is 22.4. The lowest BCUT2D eigenvalue weighted by atomic mass is 10.1. The number of hydrogen-bond donors (Lipinski definition) is 0. The van der Waals surface area contributed by atoms with Gasteiger partial charge in [0.2, 0.25) is 0 Å². The van der Waals surface area contributed by atoms with Gasteiger partial charge in [0.1, 0.15) is 23.1 Å². The molecule has 160 valence electrons. The molecule has 0 spiro atoms. The predicted octanol–water partition coefficient (Wildman–Crippen LogP) is 4.59. The Labute approximate surface area is 184 Å². The second kappa shape index (κ2) is 8.64. The summed E-state index contributed by atoms with van der Waals surface area (Å²) in [6.45, 7) is -0.0236. The minimum absolute atomic E-state index is 0.0236. The Balaban J connectivity index is 1.99. The number of nitrogens with zero attached hydrogens (tertiary/aromatic N) is 3. The second-order valence-corrected chi connectivity index (χ2v) is 8.47. The van der Waals surface area contributed by atoms with E-state index in [1.165, 1.54) is 48.0 Å². The summed E-state index contributed by atoms with van der Waals surface area (Å²) in [6, 6.07) is 8.64. The van der Waals surface area contributed by atoms with Crippen molar-refractivity contribution in [3.8, 4) is 22.9 Å². The molecule has 0 saturated carbocycles. The molecule has 0 amide bonds. The van der Waals surface area contributed by atoms with Gasteiger partial charge in [-0.1, -0.05) is 29.2 Å². The quantitative estimate of drug-likeness (QED) is 0.392. The molecule has 0 N–H and O–H groups in total. The number of rotatable bonds is 6. The van der Waals surface area contributed by atoms with E-state index in [4.69, 9.17) is 9.47 Å². The zero-order valence-electron chi connectivity index (χ0n) is 16.8. The van der Waals surface area contributed by atoms with Crippen LogP contribution in [0, 0.1) is 11.6 Å². The summed E-state index contributed by atoms with van der Waals surface area (Å²) in [7, 11) is 3.02. The van der Waals surface area contributed by atoms with Crippen LogP contribution in [0.4, 0.5) is 8.78 Å². The molecule has 0 aliphatic heterocycles. The molecule has 2 aromatic heterocycles. The third kappa shape index (κ3) is 3.88. The van der Waals surface area contributed by atoms with Crippen LogP contribution in [0.15, 0.2) is 45.5 Å². The van der Waals surface area contributed by atoms with E-state index in [-0.39, 0.29) is 23.4 Å². The third-order valence-corrected chi connectivity index (χ3v) is 6.62. The number of ether oxygens (including phenoxy) is 2. The van der Waals surface area contributed by atoms with E-state index in [1.54, 1.807) is 18.2 Å². The van der Waals surface area contributed by atoms with Gasteiger partial charge in [-0.15, -0.1) is 0 Å². The lowest BCUT2D eigenvalue weighted by molar-refractivity contribution is 0.390. The highest BCUT2D eigenvalue weighted by molar-refractivity contribution is 8.00. The standard InChI is InChI=1S/C21H17F2N3O3S2/c1-28-12-8-7-11(15(9-12)29-2)10-26-18(16-13(22)5-4-6-14(16)23)25-19-17(20(26)27)24-21(30-3)31-19/h4-9H,10H2,1-3H3. The van der Waals surface area contributed by atoms with Crippen LogP contribution in [0.1, 0.15) is 5.56 Å². The molecule has 0 bridgehead atoms. The molecule has 0 saturated heterocycles. The Bertz CT molecular complexity index is 1320. The van der Waals surface area contributed by atoms with Gasteiger partial charge in [-0.25, -0.2) is 18.7 Å². The highest BCUT2D eigenvalue weighted by Crippen LogP contribution is 2.31. The predicted molar refractivity (Wildman–Crippen MR) is 117 cm³/mol. The lowest BCUT2D eigenvalue weighted by Crippen LogP contribution is -2.25. The molecule has 0 aliphatic rings. The van der Waals surface area contributed by atoms with Crippen LogP contribution >= 0.6 is 23.1 Å². The monoisotopic (exact) mass is 461 g/mol. The summed E-state index contributed by atoms with van der Waals surface area (Å²) in [5, 5.41) is 0. The lowest BCUT2D eigenvalue weighted by Gasteiger charge is -2.16. The maximum absolute atomic E-state index is 14.6. The van der Waals surface area contributed by atoms with Gasteiger partial charge < -0.3 is 9.47 Å². The zero-order chi connectivity index (χ0) is 22.1. The first-order valence-corrected chi connectivity index (χ1v) is 11.1. The second-order valence-electron chi connectivity index (χ2n) is 6.44. The first kappa shape index (κ1) is 21.3. The van der Waals surface area contributed by atoms with Crippen molar-refractivity contribution < 1.29 is 18.3 Å². The van der Waals surface area contributed by atoms with Crippen LogP contribution < -0.4 is 15.0 Å². The Morgan fingerprint density at radius 1 is 1.10 bits per heavy atom. The largest absolute Gasteiger partial charge is 0.497 e. The van der Waals surface area contributed by atoms with Gasteiger partial charge in [0, 0.05) is 11.6 Å². The van der Waals surface area contributed by atoms with Gasteiger partial charge >= 0.3 is 0 Å². The zero-order valence-corrected chi connectivity index (χ0v) is 18.4. The fraction of sp³-hybridized carbons (Fsp3) is 0.190. The first-order valence-electron chi connectivity index (χ1n) is 9.07. The topological polar surface area (TPSA) is 66.2 Å². The number of hydrogen-bond acceptors (Lipinski definition) is 7. The molecule has 2 heterocycles. The van der Waals surface area contributed by atoms with Gasteiger partial charge in [0.25, 0.3) is 5.56 Å². The maximum Gasteiger partial charge on any atom is 0.281 e. The summed E-state index contributed by atoms with van der Waals surface area (Å²) >= 11 is 2.57. The Hall–Kier alpha value is -2.98. The SMILES string of the molecule is COc1ccc(Cn2c(-c3c(F)cccc3F)nc3sc(SC)nc3c2=O)c(OC)c1. The van der Waals surface area contributed by atoms with Crippen LogP contribution in [-0.2, 0) is 6.54 Å². The van der Waals surface area contributed by atoms with Gasteiger partial charge in [-0.2, -0.15) is 0 Å². The van der Waals surface area contributed by atoms with E-state index in [2.05, 4.69) is 9.97 Å². The smallest absolute Gasteiger partial charge is 0.281 e. The molecule has 6 nitrogen and oxygen atoms in total. The molecule has 2 aromatic carbocycles.